The molecule has 2 heterocycles. The van der Waals surface area contributed by atoms with Gasteiger partial charge in [0, 0.05) is 23.8 Å². The fraction of sp³-hybridized carbons (Fsp3) is 0.545. The van der Waals surface area contributed by atoms with Gasteiger partial charge in [0.25, 0.3) is 5.91 Å². The van der Waals surface area contributed by atoms with Crippen LogP contribution in [0.25, 0.3) is 0 Å². The number of hydrogen-bond acceptors (Lipinski definition) is 2. The second kappa shape index (κ2) is 5.69. The van der Waals surface area contributed by atoms with E-state index in [1.165, 1.54) is 6.42 Å². The quantitative estimate of drug-likeness (QED) is 0.576. The molecule has 1 saturated heterocycles. The van der Waals surface area contributed by atoms with E-state index < -0.39 is 0 Å². The zero-order valence-corrected chi connectivity index (χ0v) is 12.5. The Hall–Kier alpha value is 0.190. The van der Waals surface area contributed by atoms with E-state index in [0.717, 1.165) is 27.8 Å². The first kappa shape index (κ1) is 12.6. The summed E-state index contributed by atoms with van der Waals surface area (Å²) in [5, 5.41) is 1.93. The van der Waals surface area contributed by atoms with Gasteiger partial charge in [-0.2, -0.15) is 0 Å². The fourth-order valence-electron chi connectivity index (χ4n) is 2.02. The molecule has 1 aliphatic heterocycles. The van der Waals surface area contributed by atoms with Crippen LogP contribution in [-0.2, 0) is 0 Å². The predicted molar refractivity (Wildman–Crippen MR) is 76.4 cm³/mol. The molecule has 1 aromatic heterocycles. The van der Waals surface area contributed by atoms with E-state index in [1.807, 2.05) is 16.3 Å². The molecule has 2 nitrogen and oxygen atoms in total. The van der Waals surface area contributed by atoms with E-state index in [9.17, 15) is 4.79 Å². The van der Waals surface area contributed by atoms with E-state index in [4.69, 9.17) is 11.6 Å². The van der Waals surface area contributed by atoms with Gasteiger partial charge in [-0.1, -0.05) is 0 Å². The average molecular weight is 370 g/mol. The molecule has 0 radical (unpaired) electrons. The number of rotatable bonds is 2. The standard InChI is InChI=1S/C11H13ClINOS/c12-6-9-3-1-2-4-14(9)11(15)8-5-10(13)16-7-8/h5,7,9H,1-4,6H2. The average Bonchev–Trinajstić information content (AvgIpc) is 2.75. The Kier molecular flexibility index (Phi) is 4.49. The van der Waals surface area contributed by atoms with Gasteiger partial charge in [0.05, 0.1) is 8.45 Å². The maximum atomic E-state index is 12.3. The smallest absolute Gasteiger partial charge is 0.255 e. The largest absolute Gasteiger partial charge is 0.334 e. The Balaban J connectivity index is 2.13. The molecule has 1 aliphatic rings. The molecule has 1 fully saturated rings. The molecule has 0 spiro atoms. The lowest BCUT2D eigenvalue weighted by atomic mass is 10.0. The first-order chi connectivity index (χ1) is 7.72. The van der Waals surface area contributed by atoms with Crippen molar-refractivity contribution in [1.82, 2.24) is 4.90 Å². The number of likely N-dealkylation sites (tertiary alicyclic amines) is 1. The monoisotopic (exact) mass is 369 g/mol. The molecular formula is C11H13ClINOS. The second-order valence-corrected chi connectivity index (χ2v) is 7.06. The zero-order chi connectivity index (χ0) is 11.5. The Labute approximate surface area is 118 Å². The van der Waals surface area contributed by atoms with Crippen LogP contribution in [0.1, 0.15) is 29.6 Å². The molecule has 1 aromatic rings. The van der Waals surface area contributed by atoms with Gasteiger partial charge in [-0.25, -0.2) is 0 Å². The minimum Gasteiger partial charge on any atom is -0.334 e. The number of carbonyl (C=O) groups excluding carboxylic acids is 1. The number of nitrogens with zero attached hydrogens (tertiary/aromatic N) is 1. The van der Waals surface area contributed by atoms with Crippen molar-refractivity contribution in [2.45, 2.75) is 25.3 Å². The van der Waals surface area contributed by atoms with E-state index >= 15 is 0 Å². The van der Waals surface area contributed by atoms with Crippen molar-refractivity contribution < 1.29 is 4.79 Å². The number of halogens is 2. The number of piperidine rings is 1. The molecule has 0 aliphatic carbocycles. The number of thiophene rings is 1. The van der Waals surface area contributed by atoms with E-state index in [1.54, 1.807) is 11.3 Å². The Bertz CT molecular complexity index is 382. The molecule has 88 valence electrons. The van der Waals surface area contributed by atoms with Crippen molar-refractivity contribution in [2.75, 3.05) is 12.4 Å². The molecule has 0 N–H and O–H groups in total. The van der Waals surface area contributed by atoms with E-state index in [0.29, 0.717) is 5.88 Å². The summed E-state index contributed by atoms with van der Waals surface area (Å²) < 4.78 is 1.15. The predicted octanol–water partition coefficient (Wildman–Crippen LogP) is 3.59. The molecule has 1 atom stereocenters. The summed E-state index contributed by atoms with van der Waals surface area (Å²) >= 11 is 9.77. The van der Waals surface area contributed by atoms with Gasteiger partial charge in [0.15, 0.2) is 0 Å². The fourth-order valence-corrected chi connectivity index (χ4v) is 3.66. The van der Waals surface area contributed by atoms with Gasteiger partial charge in [0.2, 0.25) is 0 Å². The molecule has 0 aromatic carbocycles. The summed E-state index contributed by atoms with van der Waals surface area (Å²) in [6.07, 6.45) is 3.32. The highest BCUT2D eigenvalue weighted by Crippen LogP contribution is 2.23. The topological polar surface area (TPSA) is 20.3 Å². The maximum absolute atomic E-state index is 12.3. The third-order valence-electron chi connectivity index (χ3n) is 2.88. The third kappa shape index (κ3) is 2.71. The van der Waals surface area contributed by atoms with E-state index in [-0.39, 0.29) is 11.9 Å². The molecule has 1 unspecified atom stereocenters. The molecular weight excluding hydrogens is 357 g/mol. The number of hydrogen-bond donors (Lipinski definition) is 0. The van der Waals surface area contributed by atoms with Crippen molar-refractivity contribution in [3.63, 3.8) is 0 Å². The Morgan fingerprint density at radius 3 is 3.06 bits per heavy atom. The van der Waals surface area contributed by atoms with Crippen molar-refractivity contribution in [3.05, 3.63) is 19.9 Å². The Morgan fingerprint density at radius 2 is 2.44 bits per heavy atom. The molecule has 1 amide bonds. The lowest BCUT2D eigenvalue weighted by molar-refractivity contribution is 0.0639. The summed E-state index contributed by atoms with van der Waals surface area (Å²) in [7, 11) is 0. The van der Waals surface area contributed by atoms with Crippen LogP contribution < -0.4 is 0 Å². The first-order valence-corrected chi connectivity index (χ1v) is 7.82. The van der Waals surface area contributed by atoms with Crippen LogP contribution in [0.4, 0.5) is 0 Å². The van der Waals surface area contributed by atoms with Crippen LogP contribution in [0.15, 0.2) is 11.4 Å². The van der Waals surface area contributed by atoms with Crippen LogP contribution in [0.5, 0.6) is 0 Å². The van der Waals surface area contributed by atoms with Crippen molar-refractivity contribution in [3.8, 4) is 0 Å². The number of alkyl halides is 1. The molecule has 2 rings (SSSR count). The third-order valence-corrected chi connectivity index (χ3v) is 5.03. The molecule has 5 heteroatoms. The minimum absolute atomic E-state index is 0.143. The van der Waals surface area contributed by atoms with Crippen molar-refractivity contribution >= 4 is 51.4 Å². The van der Waals surface area contributed by atoms with Gasteiger partial charge in [-0.15, -0.1) is 22.9 Å². The summed E-state index contributed by atoms with van der Waals surface area (Å²) in [6.45, 7) is 0.850. The highest BCUT2D eigenvalue weighted by Gasteiger charge is 2.27. The van der Waals surface area contributed by atoms with Gasteiger partial charge in [-0.05, 0) is 47.9 Å². The van der Waals surface area contributed by atoms with E-state index in [2.05, 4.69) is 22.6 Å². The zero-order valence-electron chi connectivity index (χ0n) is 8.79. The first-order valence-electron chi connectivity index (χ1n) is 5.33. The normalized spacial score (nSPS) is 21.1. The molecule has 16 heavy (non-hydrogen) atoms. The van der Waals surface area contributed by atoms with Gasteiger partial charge in [0.1, 0.15) is 0 Å². The lowest BCUT2D eigenvalue weighted by Gasteiger charge is -2.34. The van der Waals surface area contributed by atoms with Crippen molar-refractivity contribution in [2.24, 2.45) is 0 Å². The summed E-state index contributed by atoms with van der Waals surface area (Å²) in [5.74, 6) is 0.692. The summed E-state index contributed by atoms with van der Waals surface area (Å²) in [6, 6.07) is 2.17. The summed E-state index contributed by atoms with van der Waals surface area (Å²) in [5.41, 5.74) is 0.811. The van der Waals surface area contributed by atoms with Gasteiger partial charge < -0.3 is 4.90 Å². The van der Waals surface area contributed by atoms with Gasteiger partial charge >= 0.3 is 0 Å². The van der Waals surface area contributed by atoms with Crippen LogP contribution >= 0.6 is 45.5 Å². The van der Waals surface area contributed by atoms with Crippen LogP contribution in [0.2, 0.25) is 0 Å². The highest BCUT2D eigenvalue weighted by molar-refractivity contribution is 14.1. The molecule has 0 bridgehead atoms. The highest BCUT2D eigenvalue weighted by atomic mass is 127. The number of amides is 1. The Morgan fingerprint density at radius 1 is 1.62 bits per heavy atom. The van der Waals surface area contributed by atoms with Crippen molar-refractivity contribution in [1.29, 1.82) is 0 Å². The summed E-state index contributed by atoms with van der Waals surface area (Å²) in [4.78, 5) is 14.2. The maximum Gasteiger partial charge on any atom is 0.255 e. The minimum atomic E-state index is 0.143. The molecule has 0 saturated carbocycles. The van der Waals surface area contributed by atoms with Crippen LogP contribution in [0.3, 0.4) is 0 Å². The second-order valence-electron chi connectivity index (χ2n) is 3.94. The van der Waals surface area contributed by atoms with Crippen LogP contribution in [-0.4, -0.2) is 29.3 Å². The SMILES string of the molecule is O=C(c1csc(I)c1)N1CCCCC1CCl. The lowest BCUT2D eigenvalue weighted by Crippen LogP contribution is -2.44. The van der Waals surface area contributed by atoms with Crippen LogP contribution in [0, 0.1) is 2.88 Å². The number of carbonyl (C=O) groups is 1. The van der Waals surface area contributed by atoms with Gasteiger partial charge in [-0.3, -0.25) is 4.79 Å².